The summed E-state index contributed by atoms with van der Waals surface area (Å²) in [7, 11) is 1.72. The van der Waals surface area contributed by atoms with E-state index in [1.54, 1.807) is 16.7 Å². The monoisotopic (exact) mass is 404 g/mol. The van der Waals surface area contributed by atoms with Crippen LogP contribution in [0.2, 0.25) is 0 Å². The van der Waals surface area contributed by atoms with E-state index in [-0.39, 0.29) is 17.9 Å². The largest absolute Gasteiger partial charge is 0.511 e. The zero-order chi connectivity index (χ0) is 20.3. The molecule has 0 aliphatic carbocycles. The van der Waals surface area contributed by atoms with E-state index >= 15 is 4.39 Å². The average Bonchev–Trinajstić information content (AvgIpc) is 3.10. The van der Waals surface area contributed by atoms with Crippen molar-refractivity contribution >= 4 is 22.7 Å². The first-order valence-corrected chi connectivity index (χ1v) is 9.59. The van der Waals surface area contributed by atoms with Gasteiger partial charge in [-0.1, -0.05) is 0 Å². The molecule has 2 saturated heterocycles. The fraction of sp³-hybridized carbons (Fsp3) is 0.474. The number of piperidine rings is 1. The van der Waals surface area contributed by atoms with Crippen LogP contribution in [0.1, 0.15) is 12.8 Å². The molecule has 3 aliphatic heterocycles. The van der Waals surface area contributed by atoms with E-state index < -0.39 is 17.4 Å². The summed E-state index contributed by atoms with van der Waals surface area (Å²) in [5.74, 6) is -0.193. The molecule has 4 heterocycles. The summed E-state index contributed by atoms with van der Waals surface area (Å²) in [5, 5.41) is 14.1. The van der Waals surface area contributed by atoms with Crippen molar-refractivity contribution in [1.29, 1.82) is 0 Å². The van der Waals surface area contributed by atoms with Gasteiger partial charge in [-0.15, -0.1) is 0 Å². The number of nitrogens with zero attached hydrogens (tertiary/aromatic N) is 3. The molecule has 2 fully saturated rings. The first kappa shape index (κ1) is 18.0. The lowest BCUT2D eigenvalue weighted by Crippen LogP contribution is -2.41. The normalized spacial score (nSPS) is 23.1. The fourth-order valence-electron chi connectivity index (χ4n) is 4.69. The first-order chi connectivity index (χ1) is 13.9. The summed E-state index contributed by atoms with van der Waals surface area (Å²) in [6.45, 7) is 2.47. The fourth-order valence-corrected chi connectivity index (χ4v) is 4.69. The molecule has 0 amide bonds. The van der Waals surface area contributed by atoms with Crippen molar-refractivity contribution < 1.29 is 23.8 Å². The maximum atomic E-state index is 15.3. The van der Waals surface area contributed by atoms with Crippen LogP contribution in [0, 0.1) is 11.7 Å². The van der Waals surface area contributed by atoms with Crippen LogP contribution in [0.4, 0.5) is 14.9 Å². The number of pyridine rings is 1. The van der Waals surface area contributed by atoms with E-state index in [1.165, 1.54) is 6.20 Å². The van der Waals surface area contributed by atoms with Gasteiger partial charge in [0.1, 0.15) is 11.2 Å². The number of aromatic nitrogens is 1. The second-order valence-corrected chi connectivity index (χ2v) is 7.77. The van der Waals surface area contributed by atoms with Crippen molar-refractivity contribution in [2.45, 2.75) is 18.9 Å². The standard InChI is InChI=1S/C19H21FN4O5/c1-22-9-28-18-15-11(17(25)14(8-24(15)22)29-19(26)27)5-12(20)16(18)23-6-10-3-2-4-21-13(10)7-23/h5,8,10,13,21H,2-4,6-7,9H2,1H3,(H,26,27)/t10-,13+/m0/s1. The summed E-state index contributed by atoms with van der Waals surface area (Å²) in [5.41, 5.74) is 0.0589. The number of benzene rings is 1. The molecule has 10 heteroatoms. The van der Waals surface area contributed by atoms with E-state index in [0.29, 0.717) is 35.5 Å². The van der Waals surface area contributed by atoms with Crippen molar-refractivity contribution in [2.24, 2.45) is 5.92 Å². The third-order valence-corrected chi connectivity index (χ3v) is 6.00. The van der Waals surface area contributed by atoms with Gasteiger partial charge in [-0.05, 0) is 31.4 Å². The Hall–Kier alpha value is -3.01. The lowest BCUT2D eigenvalue weighted by atomic mass is 9.94. The first-order valence-electron chi connectivity index (χ1n) is 9.59. The summed E-state index contributed by atoms with van der Waals surface area (Å²) in [6.07, 6.45) is 1.91. The number of anilines is 1. The number of nitrogens with one attached hydrogen (secondary N) is 1. The quantitative estimate of drug-likeness (QED) is 0.724. The van der Waals surface area contributed by atoms with Crippen LogP contribution in [0.15, 0.2) is 17.1 Å². The highest BCUT2D eigenvalue weighted by Crippen LogP contribution is 2.42. The number of rotatable bonds is 2. The highest BCUT2D eigenvalue weighted by Gasteiger charge is 2.38. The third-order valence-electron chi connectivity index (χ3n) is 6.00. The molecule has 0 saturated carbocycles. The Kier molecular flexibility index (Phi) is 4.05. The molecule has 0 radical (unpaired) electrons. The van der Waals surface area contributed by atoms with Crippen LogP contribution >= 0.6 is 0 Å². The van der Waals surface area contributed by atoms with Gasteiger partial charge < -0.3 is 24.8 Å². The lowest BCUT2D eigenvalue weighted by molar-refractivity contribution is 0.143. The molecule has 2 N–H and O–H groups in total. The molecular weight excluding hydrogens is 383 g/mol. The van der Waals surface area contributed by atoms with Crippen LogP contribution in [0.25, 0.3) is 10.9 Å². The third kappa shape index (κ3) is 2.78. The number of carbonyl (C=O) groups is 1. The maximum absolute atomic E-state index is 15.3. The van der Waals surface area contributed by atoms with Crippen molar-refractivity contribution in [1.82, 2.24) is 9.99 Å². The zero-order valence-corrected chi connectivity index (χ0v) is 15.9. The molecule has 0 unspecified atom stereocenters. The van der Waals surface area contributed by atoms with Gasteiger partial charge in [-0.25, -0.2) is 9.18 Å². The lowest BCUT2D eigenvalue weighted by Gasteiger charge is -2.33. The predicted octanol–water partition coefficient (Wildman–Crippen LogP) is 1.30. The van der Waals surface area contributed by atoms with Crippen LogP contribution in [0.5, 0.6) is 11.5 Å². The number of carboxylic acid groups (broad SMARTS) is 1. The van der Waals surface area contributed by atoms with Crippen molar-refractivity contribution in [3.8, 4) is 11.5 Å². The number of halogens is 1. The minimum atomic E-state index is -1.60. The number of fused-ring (bicyclic) bond motifs is 1. The van der Waals surface area contributed by atoms with Crippen LogP contribution in [-0.4, -0.2) is 55.4 Å². The molecule has 0 bridgehead atoms. The predicted molar refractivity (Wildman–Crippen MR) is 103 cm³/mol. The molecule has 1 aromatic heterocycles. The van der Waals surface area contributed by atoms with Gasteiger partial charge in [-0.2, -0.15) is 0 Å². The van der Waals surface area contributed by atoms with Gasteiger partial charge >= 0.3 is 6.16 Å². The molecular formula is C19H21FN4O5. The van der Waals surface area contributed by atoms with Gasteiger partial charge in [-0.3, -0.25) is 14.5 Å². The van der Waals surface area contributed by atoms with Gasteiger partial charge in [0, 0.05) is 26.2 Å². The Morgan fingerprint density at radius 1 is 1.41 bits per heavy atom. The molecule has 0 spiro atoms. The highest BCUT2D eigenvalue weighted by molar-refractivity contribution is 5.93. The van der Waals surface area contributed by atoms with Gasteiger partial charge in [0.05, 0.1) is 11.6 Å². The van der Waals surface area contributed by atoms with Crippen LogP contribution < -0.4 is 30.1 Å². The number of ether oxygens (including phenoxy) is 2. The highest BCUT2D eigenvalue weighted by atomic mass is 19.1. The van der Waals surface area contributed by atoms with E-state index in [1.807, 2.05) is 4.90 Å². The molecule has 154 valence electrons. The second-order valence-electron chi connectivity index (χ2n) is 7.77. The zero-order valence-electron chi connectivity index (χ0n) is 15.9. The van der Waals surface area contributed by atoms with E-state index in [2.05, 4.69) is 10.1 Å². The average molecular weight is 404 g/mol. The molecule has 2 aromatic rings. The second kappa shape index (κ2) is 6.51. The Balaban J connectivity index is 1.69. The Morgan fingerprint density at radius 2 is 2.24 bits per heavy atom. The summed E-state index contributed by atoms with van der Waals surface area (Å²) >= 11 is 0. The van der Waals surface area contributed by atoms with E-state index in [0.717, 1.165) is 32.0 Å². The summed E-state index contributed by atoms with van der Waals surface area (Å²) in [4.78, 5) is 25.7. The van der Waals surface area contributed by atoms with Crippen molar-refractivity contribution in [2.75, 3.05) is 43.3 Å². The Bertz CT molecular complexity index is 1060. The smallest absolute Gasteiger partial charge is 0.467 e. The number of hydrogen-bond acceptors (Lipinski definition) is 7. The van der Waals surface area contributed by atoms with Crippen molar-refractivity contribution in [3.05, 3.63) is 28.3 Å². The van der Waals surface area contributed by atoms with Crippen LogP contribution in [0.3, 0.4) is 0 Å². The Morgan fingerprint density at radius 3 is 3.00 bits per heavy atom. The molecule has 9 nitrogen and oxygen atoms in total. The molecule has 3 aliphatic rings. The topological polar surface area (TPSA) is 96.3 Å². The summed E-state index contributed by atoms with van der Waals surface area (Å²) < 4.78 is 27.3. The molecule has 2 atom stereocenters. The van der Waals surface area contributed by atoms with Gasteiger partial charge in [0.2, 0.25) is 11.2 Å². The Labute approximate surface area is 165 Å². The molecule has 29 heavy (non-hydrogen) atoms. The van der Waals surface area contributed by atoms with E-state index in [9.17, 15) is 9.59 Å². The van der Waals surface area contributed by atoms with Gasteiger partial charge in [0.25, 0.3) is 0 Å². The van der Waals surface area contributed by atoms with Crippen LogP contribution in [-0.2, 0) is 0 Å². The summed E-state index contributed by atoms with van der Waals surface area (Å²) in [6, 6.07) is 1.46. The molecule has 5 rings (SSSR count). The van der Waals surface area contributed by atoms with Gasteiger partial charge in [0.15, 0.2) is 18.3 Å². The minimum Gasteiger partial charge on any atom is -0.467 e. The van der Waals surface area contributed by atoms with E-state index in [4.69, 9.17) is 9.84 Å². The SMILES string of the molecule is CN1COc2c(N3C[C@@H]4CCCN[C@@H]4C3)c(F)cc3c(=O)c(OC(=O)O)cn1c23. The number of hydrogen-bond donors (Lipinski definition) is 2. The molecule has 1 aromatic carbocycles. The van der Waals surface area contributed by atoms with Crippen molar-refractivity contribution in [3.63, 3.8) is 0 Å². The minimum absolute atomic E-state index is 0.0151. The maximum Gasteiger partial charge on any atom is 0.511 e.